The van der Waals surface area contributed by atoms with Gasteiger partial charge in [-0.05, 0) is 6.07 Å². The average Bonchev–Trinajstić information content (AvgIpc) is 2.93. The van der Waals surface area contributed by atoms with Crippen molar-refractivity contribution in [3.05, 3.63) is 34.0 Å². The first-order valence-electron chi connectivity index (χ1n) is 12.4. The number of ether oxygens (including phenoxy) is 3. The van der Waals surface area contributed by atoms with Crippen LogP contribution in [0.2, 0.25) is 0 Å². The van der Waals surface area contributed by atoms with Gasteiger partial charge in [-0.2, -0.15) is 0 Å². The number of rotatable bonds is 5. The number of aliphatic hydroxyl groups is 8. The molecule has 2 fully saturated rings. The SMILES string of the molecule is O=c1c2cc(O[C@H]3O[C@H](CO)[C@@H](O)[C@H](O)[C@@H]3O)c(O)cc2oc2cc(O)c([C@H]3O[C@H](CO)[C@@H](O)[C@H](O)[C@@H]3O)c(O)c12. The second-order valence-corrected chi connectivity index (χ2v) is 9.84. The van der Waals surface area contributed by atoms with Gasteiger partial charge in [-0.1, -0.05) is 0 Å². The lowest BCUT2D eigenvalue weighted by atomic mass is 9.89. The van der Waals surface area contributed by atoms with Gasteiger partial charge in [0, 0.05) is 12.1 Å². The lowest BCUT2D eigenvalue weighted by molar-refractivity contribution is -0.277. The second kappa shape index (κ2) is 10.8. The molecule has 2 saturated heterocycles. The third-order valence-corrected chi connectivity index (χ3v) is 7.30. The maximum Gasteiger partial charge on any atom is 0.229 e. The summed E-state index contributed by atoms with van der Waals surface area (Å²) in [5.41, 5.74) is -2.06. The highest BCUT2D eigenvalue weighted by Gasteiger charge is 2.47. The van der Waals surface area contributed by atoms with Crippen molar-refractivity contribution in [2.75, 3.05) is 13.2 Å². The number of phenols is 3. The van der Waals surface area contributed by atoms with E-state index in [0.29, 0.717) is 0 Å². The number of phenolic OH excluding ortho intramolecular Hbond substituents is 3. The maximum atomic E-state index is 13.5. The van der Waals surface area contributed by atoms with Crippen molar-refractivity contribution in [2.45, 2.75) is 61.2 Å². The maximum absolute atomic E-state index is 13.5. The Morgan fingerprint density at radius 1 is 0.707 bits per heavy atom. The number of aromatic hydroxyl groups is 3. The molecule has 0 radical (unpaired) electrons. The van der Waals surface area contributed by atoms with Crippen molar-refractivity contribution >= 4 is 21.9 Å². The zero-order valence-electron chi connectivity index (χ0n) is 20.9. The Hall–Kier alpha value is -3.29. The van der Waals surface area contributed by atoms with Gasteiger partial charge in [0.25, 0.3) is 0 Å². The fraction of sp³-hybridized carbons (Fsp3) is 0.480. The molecule has 1 aromatic heterocycles. The largest absolute Gasteiger partial charge is 0.507 e. The Labute approximate surface area is 228 Å². The average molecular weight is 584 g/mol. The van der Waals surface area contributed by atoms with E-state index in [-0.39, 0.29) is 16.6 Å². The third kappa shape index (κ3) is 4.73. The van der Waals surface area contributed by atoms with Crippen molar-refractivity contribution in [2.24, 2.45) is 0 Å². The summed E-state index contributed by atoms with van der Waals surface area (Å²) in [6, 6.07) is 2.84. The predicted molar refractivity (Wildman–Crippen MR) is 132 cm³/mol. The minimum absolute atomic E-state index is 0.236. The molecule has 16 heteroatoms. The number of benzene rings is 2. The number of hydrogen-bond donors (Lipinski definition) is 11. The van der Waals surface area contributed by atoms with Crippen molar-refractivity contribution in [1.29, 1.82) is 0 Å². The fourth-order valence-electron chi connectivity index (χ4n) is 5.02. The van der Waals surface area contributed by atoms with E-state index in [0.717, 1.165) is 18.2 Å². The summed E-state index contributed by atoms with van der Waals surface area (Å²) < 4.78 is 21.7. The van der Waals surface area contributed by atoms with Gasteiger partial charge in [0.05, 0.1) is 24.2 Å². The zero-order valence-corrected chi connectivity index (χ0v) is 20.9. The monoisotopic (exact) mass is 584 g/mol. The van der Waals surface area contributed by atoms with Gasteiger partial charge in [-0.3, -0.25) is 4.79 Å². The minimum Gasteiger partial charge on any atom is -0.507 e. The van der Waals surface area contributed by atoms with Crippen LogP contribution >= 0.6 is 0 Å². The summed E-state index contributed by atoms with van der Waals surface area (Å²) in [5.74, 6) is -2.72. The highest BCUT2D eigenvalue weighted by atomic mass is 16.7. The molecule has 224 valence electrons. The van der Waals surface area contributed by atoms with Crippen molar-refractivity contribution in [3.8, 4) is 23.0 Å². The first-order valence-corrected chi connectivity index (χ1v) is 12.4. The van der Waals surface area contributed by atoms with Crippen LogP contribution < -0.4 is 10.2 Å². The molecule has 41 heavy (non-hydrogen) atoms. The summed E-state index contributed by atoms with van der Waals surface area (Å²) in [7, 11) is 0. The normalized spacial score (nSPS) is 34.2. The van der Waals surface area contributed by atoms with Crippen molar-refractivity contribution < 1.29 is 74.8 Å². The predicted octanol–water partition coefficient (Wildman–Crippen LogP) is -3.24. The molecule has 3 heterocycles. The van der Waals surface area contributed by atoms with Crippen LogP contribution in [0.4, 0.5) is 0 Å². The minimum atomic E-state index is -1.90. The van der Waals surface area contributed by atoms with Crippen LogP contribution in [0.1, 0.15) is 11.7 Å². The molecule has 3 aromatic rings. The summed E-state index contributed by atoms with van der Waals surface area (Å²) in [6.45, 7) is -1.53. The molecular formula is C25H28O16. The van der Waals surface area contributed by atoms with E-state index in [9.17, 15) is 61.0 Å². The van der Waals surface area contributed by atoms with Crippen LogP contribution in [0.3, 0.4) is 0 Å². The Morgan fingerprint density at radius 2 is 1.29 bits per heavy atom. The Bertz CT molecular complexity index is 1500. The first-order chi connectivity index (χ1) is 19.4. The van der Waals surface area contributed by atoms with Gasteiger partial charge in [-0.15, -0.1) is 0 Å². The zero-order chi connectivity index (χ0) is 29.9. The molecule has 5 rings (SSSR count). The topological polar surface area (TPSA) is 280 Å². The molecule has 11 N–H and O–H groups in total. The van der Waals surface area contributed by atoms with Crippen molar-refractivity contribution in [1.82, 2.24) is 0 Å². The van der Waals surface area contributed by atoms with Gasteiger partial charge < -0.3 is 74.8 Å². The van der Waals surface area contributed by atoms with E-state index in [1.54, 1.807) is 0 Å². The molecule has 16 nitrogen and oxygen atoms in total. The first kappa shape index (κ1) is 29.2. The summed E-state index contributed by atoms with van der Waals surface area (Å²) in [6.07, 6.45) is -16.9. The van der Waals surface area contributed by atoms with Gasteiger partial charge >= 0.3 is 0 Å². The Balaban J connectivity index is 1.60. The van der Waals surface area contributed by atoms with Crippen LogP contribution in [-0.4, -0.2) is 125 Å². The lowest BCUT2D eigenvalue weighted by Crippen LogP contribution is -2.60. The number of fused-ring (bicyclic) bond motifs is 2. The van der Waals surface area contributed by atoms with E-state index in [4.69, 9.17) is 18.6 Å². The van der Waals surface area contributed by atoms with E-state index in [2.05, 4.69) is 0 Å². The molecule has 0 spiro atoms. The Kier molecular flexibility index (Phi) is 7.72. The standard InChI is InChI=1S/C25H28O16/c26-4-12-17(31)20(34)22(36)24(39-12)14-8(29)3-11-15(19(14)33)16(30)6-1-10(7(28)2-9(6)38-11)40-25-23(37)21(35)18(32)13(5-27)41-25/h1-3,12-13,17-18,20-29,31-37H,4-5H2/t12-,13-,17-,18-,20+,21+,22+,23+,24-,25+/m1/s1. The molecule has 0 unspecified atom stereocenters. The van der Waals surface area contributed by atoms with Gasteiger partial charge in [-0.25, -0.2) is 0 Å². The summed E-state index contributed by atoms with van der Waals surface area (Å²) in [5, 5.41) is 111. The van der Waals surface area contributed by atoms with Crippen LogP contribution in [0.25, 0.3) is 21.9 Å². The highest BCUT2D eigenvalue weighted by molar-refractivity contribution is 5.96. The third-order valence-electron chi connectivity index (χ3n) is 7.30. The highest BCUT2D eigenvalue weighted by Crippen LogP contribution is 2.45. The molecule has 2 aromatic carbocycles. The molecule has 2 aliphatic rings. The molecular weight excluding hydrogens is 556 g/mol. The summed E-state index contributed by atoms with van der Waals surface area (Å²) >= 11 is 0. The van der Waals surface area contributed by atoms with E-state index >= 15 is 0 Å². The van der Waals surface area contributed by atoms with E-state index in [1.807, 2.05) is 0 Å². The lowest BCUT2D eigenvalue weighted by Gasteiger charge is -2.40. The smallest absolute Gasteiger partial charge is 0.229 e. The van der Waals surface area contributed by atoms with Gasteiger partial charge in [0.2, 0.25) is 11.7 Å². The second-order valence-electron chi connectivity index (χ2n) is 9.84. The quantitative estimate of drug-likeness (QED) is 0.131. The van der Waals surface area contributed by atoms with Gasteiger partial charge in [0.15, 0.2) is 11.5 Å². The van der Waals surface area contributed by atoms with Crippen molar-refractivity contribution in [3.63, 3.8) is 0 Å². The fourth-order valence-corrected chi connectivity index (χ4v) is 5.02. The van der Waals surface area contributed by atoms with Crippen LogP contribution in [-0.2, 0) is 9.47 Å². The van der Waals surface area contributed by atoms with Crippen LogP contribution in [0.15, 0.2) is 27.4 Å². The molecule has 0 bridgehead atoms. The number of aliphatic hydroxyl groups excluding tert-OH is 8. The molecule has 0 saturated carbocycles. The molecule has 0 amide bonds. The molecule has 2 aliphatic heterocycles. The Morgan fingerprint density at radius 3 is 1.93 bits per heavy atom. The molecule has 10 atom stereocenters. The summed E-state index contributed by atoms with van der Waals surface area (Å²) in [4.78, 5) is 13.5. The van der Waals surface area contributed by atoms with E-state index in [1.165, 1.54) is 0 Å². The van der Waals surface area contributed by atoms with Crippen LogP contribution in [0.5, 0.6) is 23.0 Å². The molecule has 0 aliphatic carbocycles. The van der Waals surface area contributed by atoms with Gasteiger partial charge in [0.1, 0.15) is 83.0 Å². The van der Waals surface area contributed by atoms with E-state index < -0.39 is 114 Å². The number of hydrogen-bond acceptors (Lipinski definition) is 16. The van der Waals surface area contributed by atoms with Crippen LogP contribution in [0, 0.1) is 0 Å².